The lowest BCUT2D eigenvalue weighted by Gasteiger charge is -1.99. The molecule has 0 fully saturated rings. The van der Waals surface area contributed by atoms with Crippen molar-refractivity contribution in [3.05, 3.63) is 0 Å². The molecule has 56 valence electrons. The van der Waals surface area contributed by atoms with Gasteiger partial charge in [0, 0.05) is 0 Å². The zero-order chi connectivity index (χ0) is 6.57. The molecule has 3 N–H and O–H groups in total. The van der Waals surface area contributed by atoms with Gasteiger partial charge in [-0.1, -0.05) is 0 Å². The summed E-state index contributed by atoms with van der Waals surface area (Å²) in [6, 6.07) is -0.330. The molecule has 0 heterocycles. The van der Waals surface area contributed by atoms with Crippen LogP contribution in [0.3, 0.4) is 0 Å². The molecule has 0 aromatic rings. The Hall–Kier alpha value is 0.0700. The fraction of sp³-hybridized carbons (Fsp3) is 0.750. The maximum absolute atomic E-state index is 10.4. The quantitative estimate of drug-likeness (QED) is 0.327. The molecule has 0 aliphatic rings. The standard InChI is InChI=1S/C4H9NO2S.ClH/c1-7-4(6)3(5)2-8;/h3,8H,2,5H2,1H3;1H/t3-;/m1./s1. The van der Waals surface area contributed by atoms with Gasteiger partial charge >= 0.3 is 5.97 Å². The van der Waals surface area contributed by atoms with E-state index in [-0.39, 0.29) is 24.4 Å². The number of quaternary nitrogens is 1. The van der Waals surface area contributed by atoms with Crippen molar-refractivity contribution in [2.75, 3.05) is 12.9 Å². The van der Waals surface area contributed by atoms with Crippen molar-refractivity contribution in [2.24, 2.45) is 0 Å². The van der Waals surface area contributed by atoms with E-state index >= 15 is 0 Å². The number of rotatable bonds is 2. The molecular formula is C4H10ClNO2S. The van der Waals surface area contributed by atoms with E-state index in [0.29, 0.717) is 5.75 Å². The fourth-order valence-corrected chi connectivity index (χ4v) is 0.390. The van der Waals surface area contributed by atoms with E-state index in [1.807, 2.05) is 0 Å². The third-order valence-electron chi connectivity index (χ3n) is 0.755. The Bertz CT molecular complexity index is 90.6. The Morgan fingerprint density at radius 1 is 1.89 bits per heavy atom. The van der Waals surface area contributed by atoms with Gasteiger partial charge in [-0.2, -0.15) is 12.6 Å². The zero-order valence-electron chi connectivity index (χ0n) is 5.13. The molecular weight excluding hydrogens is 162 g/mol. The summed E-state index contributed by atoms with van der Waals surface area (Å²) in [5.41, 5.74) is 3.48. The van der Waals surface area contributed by atoms with Gasteiger partial charge in [-0.15, -0.1) is 0 Å². The molecule has 0 radical (unpaired) electrons. The molecule has 0 amide bonds. The second-order valence-electron chi connectivity index (χ2n) is 1.40. The van der Waals surface area contributed by atoms with Crippen LogP contribution >= 0.6 is 12.6 Å². The van der Waals surface area contributed by atoms with E-state index in [9.17, 15) is 4.79 Å². The third kappa shape index (κ3) is 4.57. The lowest BCUT2D eigenvalue weighted by molar-refractivity contribution is -0.400. The number of esters is 1. The van der Waals surface area contributed by atoms with Crippen LogP contribution in [0.1, 0.15) is 0 Å². The summed E-state index contributed by atoms with van der Waals surface area (Å²) < 4.78 is 4.35. The second-order valence-corrected chi connectivity index (χ2v) is 1.77. The van der Waals surface area contributed by atoms with Crippen molar-refractivity contribution in [1.29, 1.82) is 0 Å². The van der Waals surface area contributed by atoms with Crippen molar-refractivity contribution in [1.82, 2.24) is 0 Å². The van der Waals surface area contributed by atoms with Gasteiger partial charge in [0.15, 0.2) is 6.04 Å². The van der Waals surface area contributed by atoms with Gasteiger partial charge < -0.3 is 22.9 Å². The lowest BCUT2D eigenvalue weighted by atomic mass is 10.4. The smallest absolute Gasteiger partial charge is 0.365 e. The highest BCUT2D eigenvalue weighted by Crippen LogP contribution is 1.82. The highest BCUT2D eigenvalue weighted by Gasteiger charge is 2.13. The van der Waals surface area contributed by atoms with Gasteiger partial charge in [-0.3, -0.25) is 0 Å². The molecule has 9 heavy (non-hydrogen) atoms. The molecule has 3 nitrogen and oxygen atoms in total. The van der Waals surface area contributed by atoms with E-state index < -0.39 is 0 Å². The monoisotopic (exact) mass is 171 g/mol. The number of hydrogen-bond donors (Lipinski definition) is 2. The van der Waals surface area contributed by atoms with Gasteiger partial charge in [0.2, 0.25) is 0 Å². The Morgan fingerprint density at radius 2 is 2.33 bits per heavy atom. The summed E-state index contributed by atoms with van der Waals surface area (Å²) in [5, 5.41) is 0. The Labute approximate surface area is 65.8 Å². The second kappa shape index (κ2) is 6.19. The first-order chi connectivity index (χ1) is 3.72. The Morgan fingerprint density at radius 3 is 2.44 bits per heavy atom. The van der Waals surface area contributed by atoms with Crippen LogP contribution in [0, 0.1) is 0 Å². The first-order valence-corrected chi connectivity index (χ1v) is 2.87. The predicted octanol–water partition coefficient (Wildman–Crippen LogP) is -4.30. The number of hydrogen-bond acceptors (Lipinski definition) is 3. The lowest BCUT2D eigenvalue weighted by Crippen LogP contribution is -3.00. The van der Waals surface area contributed by atoms with Gasteiger partial charge in [0.05, 0.1) is 12.9 Å². The molecule has 0 saturated carbocycles. The minimum Gasteiger partial charge on any atom is -1.00 e. The normalized spacial score (nSPS) is 11.4. The van der Waals surface area contributed by atoms with Crippen LogP contribution in [0.2, 0.25) is 0 Å². The van der Waals surface area contributed by atoms with Crippen LogP contribution in [-0.4, -0.2) is 24.9 Å². The van der Waals surface area contributed by atoms with Crippen molar-refractivity contribution >= 4 is 18.6 Å². The highest BCUT2D eigenvalue weighted by atomic mass is 35.5. The zero-order valence-corrected chi connectivity index (χ0v) is 6.78. The van der Waals surface area contributed by atoms with Gasteiger partial charge in [0.25, 0.3) is 0 Å². The van der Waals surface area contributed by atoms with Crippen LogP contribution in [-0.2, 0) is 9.53 Å². The van der Waals surface area contributed by atoms with Crippen molar-refractivity contribution < 1.29 is 27.7 Å². The Balaban J connectivity index is 0. The van der Waals surface area contributed by atoms with Crippen molar-refractivity contribution in [3.8, 4) is 0 Å². The summed E-state index contributed by atoms with van der Waals surface area (Å²) >= 11 is 3.85. The van der Waals surface area contributed by atoms with Gasteiger partial charge in [-0.05, 0) is 0 Å². The molecule has 0 aromatic heterocycles. The number of halogens is 1. The van der Waals surface area contributed by atoms with E-state index in [1.54, 1.807) is 0 Å². The molecule has 1 atom stereocenters. The molecule has 5 heteroatoms. The molecule has 0 saturated heterocycles. The minimum atomic E-state index is -0.330. The molecule has 0 aliphatic carbocycles. The molecule has 0 aromatic carbocycles. The van der Waals surface area contributed by atoms with Gasteiger partial charge in [0.1, 0.15) is 0 Å². The van der Waals surface area contributed by atoms with Gasteiger partial charge in [-0.25, -0.2) is 4.79 Å². The van der Waals surface area contributed by atoms with Crippen molar-refractivity contribution in [2.45, 2.75) is 6.04 Å². The molecule has 0 aliphatic heterocycles. The topological polar surface area (TPSA) is 53.9 Å². The number of thiol groups is 1. The predicted molar refractivity (Wildman–Crippen MR) is 32.5 cm³/mol. The first-order valence-electron chi connectivity index (χ1n) is 2.24. The SMILES string of the molecule is COC(=O)[C@H]([NH3+])CS.[Cl-]. The van der Waals surface area contributed by atoms with Crippen molar-refractivity contribution in [3.63, 3.8) is 0 Å². The van der Waals surface area contributed by atoms with E-state index in [2.05, 4.69) is 23.1 Å². The number of carbonyl (C=O) groups is 1. The Kier molecular flexibility index (Phi) is 8.13. The number of carbonyl (C=O) groups excluding carboxylic acids is 1. The average Bonchev–Trinajstić information content (AvgIpc) is 1.84. The molecule has 0 rings (SSSR count). The first kappa shape index (κ1) is 11.8. The summed E-state index contributed by atoms with van der Waals surface area (Å²) in [6.45, 7) is 0. The average molecular weight is 172 g/mol. The maximum atomic E-state index is 10.4. The van der Waals surface area contributed by atoms with Crippen LogP contribution in [0.4, 0.5) is 0 Å². The van der Waals surface area contributed by atoms with Crippen LogP contribution in [0.15, 0.2) is 0 Å². The summed E-state index contributed by atoms with van der Waals surface area (Å²) in [5.74, 6) is 0.132. The van der Waals surface area contributed by atoms with Crippen LogP contribution < -0.4 is 18.1 Å². The summed E-state index contributed by atoms with van der Waals surface area (Å²) in [4.78, 5) is 10.4. The largest absolute Gasteiger partial charge is 1.00 e. The molecule has 0 spiro atoms. The van der Waals surface area contributed by atoms with Crippen LogP contribution in [0.5, 0.6) is 0 Å². The minimum absolute atomic E-state index is 0. The van der Waals surface area contributed by atoms with E-state index in [1.165, 1.54) is 7.11 Å². The van der Waals surface area contributed by atoms with E-state index in [4.69, 9.17) is 0 Å². The highest BCUT2D eigenvalue weighted by molar-refractivity contribution is 7.80. The molecule has 0 unspecified atom stereocenters. The maximum Gasteiger partial charge on any atom is 0.365 e. The third-order valence-corrected chi connectivity index (χ3v) is 1.20. The van der Waals surface area contributed by atoms with Crippen LogP contribution in [0.25, 0.3) is 0 Å². The summed E-state index contributed by atoms with van der Waals surface area (Å²) in [7, 11) is 1.34. The fourth-order valence-electron chi connectivity index (χ4n) is 0.241. The molecule has 0 bridgehead atoms. The number of methoxy groups -OCH3 is 1. The number of ether oxygens (including phenoxy) is 1. The van der Waals surface area contributed by atoms with E-state index in [0.717, 1.165) is 0 Å². The summed E-state index contributed by atoms with van der Waals surface area (Å²) in [6.07, 6.45) is 0.